The minimum Gasteiger partial charge on any atom is -0.480 e. The summed E-state index contributed by atoms with van der Waals surface area (Å²) in [6.07, 6.45) is -0.848. The lowest BCUT2D eigenvalue weighted by Gasteiger charge is -2.22. The Kier molecular flexibility index (Phi) is 4.61. The zero-order chi connectivity index (χ0) is 15.7. The third-order valence-electron chi connectivity index (χ3n) is 3.31. The summed E-state index contributed by atoms with van der Waals surface area (Å²) in [5.41, 5.74) is 1.06. The van der Waals surface area contributed by atoms with Crippen LogP contribution in [0.2, 0.25) is 10.0 Å². The summed E-state index contributed by atoms with van der Waals surface area (Å²) in [5, 5.41) is 21.9. The molecule has 2 amide bonds. The summed E-state index contributed by atoms with van der Waals surface area (Å²) in [4.78, 5) is 24.3. The molecule has 0 radical (unpaired) electrons. The lowest BCUT2D eigenvalue weighted by atomic mass is 10.2. The summed E-state index contributed by atoms with van der Waals surface area (Å²) in [6.45, 7) is 1.73. The van der Waals surface area contributed by atoms with Gasteiger partial charge in [0.25, 0.3) is 0 Å². The molecule has 1 aromatic carbocycles. The molecule has 0 aliphatic carbocycles. The Bertz CT molecular complexity index is 594. The van der Waals surface area contributed by atoms with Crippen molar-refractivity contribution in [1.82, 2.24) is 4.90 Å². The Labute approximate surface area is 131 Å². The van der Waals surface area contributed by atoms with Crippen LogP contribution in [0.5, 0.6) is 0 Å². The number of aliphatic carboxylic acids is 1. The van der Waals surface area contributed by atoms with Crippen LogP contribution in [0.25, 0.3) is 0 Å². The number of halogens is 2. The lowest BCUT2D eigenvalue weighted by Crippen LogP contribution is -2.43. The van der Waals surface area contributed by atoms with Crippen molar-refractivity contribution >= 4 is 40.9 Å². The van der Waals surface area contributed by atoms with Crippen molar-refractivity contribution < 1.29 is 19.8 Å². The monoisotopic (exact) mass is 332 g/mol. The highest BCUT2D eigenvalue weighted by molar-refractivity contribution is 6.36. The number of aliphatic hydroxyl groups excluding tert-OH is 1. The largest absolute Gasteiger partial charge is 0.480 e. The topological polar surface area (TPSA) is 89.9 Å². The van der Waals surface area contributed by atoms with E-state index in [-0.39, 0.29) is 13.0 Å². The number of β-amino-alcohol motifs (C(OH)–C–C–N with tert-alkyl or cyclic N) is 1. The van der Waals surface area contributed by atoms with E-state index >= 15 is 0 Å². The number of nitrogens with zero attached hydrogens (tertiary/aromatic N) is 1. The van der Waals surface area contributed by atoms with Crippen LogP contribution in [0, 0.1) is 6.92 Å². The van der Waals surface area contributed by atoms with Crippen molar-refractivity contribution in [3.05, 3.63) is 27.7 Å². The number of urea groups is 1. The third kappa shape index (κ3) is 3.40. The number of likely N-dealkylation sites (tertiary alicyclic amines) is 1. The molecule has 0 spiro atoms. The van der Waals surface area contributed by atoms with Crippen molar-refractivity contribution in [1.29, 1.82) is 0 Å². The van der Waals surface area contributed by atoms with Gasteiger partial charge < -0.3 is 20.4 Å². The predicted molar refractivity (Wildman–Crippen MR) is 79.0 cm³/mol. The van der Waals surface area contributed by atoms with Gasteiger partial charge in [-0.1, -0.05) is 23.2 Å². The Morgan fingerprint density at radius 1 is 1.33 bits per heavy atom. The van der Waals surface area contributed by atoms with Crippen molar-refractivity contribution in [2.75, 3.05) is 11.9 Å². The molecule has 2 rings (SSSR count). The number of hydrogen-bond donors (Lipinski definition) is 3. The van der Waals surface area contributed by atoms with Gasteiger partial charge in [-0.3, -0.25) is 0 Å². The number of nitrogens with one attached hydrogen (secondary N) is 1. The second-order valence-corrected chi connectivity index (χ2v) is 5.72. The van der Waals surface area contributed by atoms with Crippen LogP contribution < -0.4 is 5.32 Å². The van der Waals surface area contributed by atoms with Crippen LogP contribution >= 0.6 is 23.2 Å². The molecular formula is C13H14Cl2N2O4. The van der Waals surface area contributed by atoms with Crippen molar-refractivity contribution in [2.45, 2.75) is 25.5 Å². The van der Waals surface area contributed by atoms with E-state index in [1.165, 1.54) is 6.07 Å². The van der Waals surface area contributed by atoms with Crippen LogP contribution in [0.3, 0.4) is 0 Å². The fraction of sp³-hybridized carbons (Fsp3) is 0.385. The number of carbonyl (C=O) groups excluding carboxylic acids is 1. The molecule has 1 saturated heterocycles. The number of carboxylic acid groups (broad SMARTS) is 1. The van der Waals surface area contributed by atoms with Gasteiger partial charge in [-0.05, 0) is 24.6 Å². The molecule has 21 heavy (non-hydrogen) atoms. The highest BCUT2D eigenvalue weighted by atomic mass is 35.5. The molecule has 0 saturated carbocycles. The number of aryl methyl sites for hydroxylation is 1. The number of anilines is 1. The number of amides is 2. The van der Waals surface area contributed by atoms with Gasteiger partial charge in [0.05, 0.1) is 16.8 Å². The van der Waals surface area contributed by atoms with Gasteiger partial charge in [0.15, 0.2) is 0 Å². The van der Waals surface area contributed by atoms with E-state index in [4.69, 9.17) is 28.3 Å². The van der Waals surface area contributed by atoms with E-state index in [2.05, 4.69) is 5.32 Å². The Hall–Kier alpha value is -1.50. The quantitative estimate of drug-likeness (QED) is 0.775. The molecule has 114 valence electrons. The second-order valence-electron chi connectivity index (χ2n) is 4.91. The van der Waals surface area contributed by atoms with E-state index in [1.807, 2.05) is 0 Å². The molecule has 3 N–H and O–H groups in total. The maximum absolute atomic E-state index is 12.2. The average Bonchev–Trinajstić information content (AvgIpc) is 2.78. The van der Waals surface area contributed by atoms with E-state index < -0.39 is 24.1 Å². The summed E-state index contributed by atoms with van der Waals surface area (Å²) < 4.78 is 0. The normalized spacial score (nSPS) is 21.4. The fourth-order valence-corrected chi connectivity index (χ4v) is 2.63. The smallest absolute Gasteiger partial charge is 0.326 e. The Balaban J connectivity index is 2.18. The third-order valence-corrected chi connectivity index (χ3v) is 4.03. The first-order chi connectivity index (χ1) is 9.79. The van der Waals surface area contributed by atoms with Crippen molar-refractivity contribution in [3.63, 3.8) is 0 Å². The van der Waals surface area contributed by atoms with Gasteiger partial charge in [-0.15, -0.1) is 0 Å². The number of aliphatic hydroxyl groups is 1. The van der Waals surface area contributed by atoms with E-state index in [0.717, 1.165) is 10.5 Å². The maximum atomic E-state index is 12.2. The summed E-state index contributed by atoms with van der Waals surface area (Å²) >= 11 is 12.0. The lowest BCUT2D eigenvalue weighted by molar-refractivity contribution is -0.141. The number of rotatable bonds is 2. The first kappa shape index (κ1) is 15.9. The molecule has 0 bridgehead atoms. The average molecular weight is 333 g/mol. The first-order valence-electron chi connectivity index (χ1n) is 6.23. The summed E-state index contributed by atoms with van der Waals surface area (Å²) in [7, 11) is 0. The Morgan fingerprint density at radius 2 is 2.00 bits per heavy atom. The van der Waals surface area contributed by atoms with E-state index in [1.54, 1.807) is 13.0 Å². The van der Waals surface area contributed by atoms with Gasteiger partial charge in [-0.2, -0.15) is 0 Å². The molecule has 1 aromatic rings. The molecule has 0 unspecified atom stereocenters. The Morgan fingerprint density at radius 3 is 2.62 bits per heavy atom. The van der Waals surface area contributed by atoms with Crippen molar-refractivity contribution in [3.8, 4) is 0 Å². The highest BCUT2D eigenvalue weighted by Gasteiger charge is 2.39. The molecule has 2 atom stereocenters. The minimum atomic E-state index is -1.16. The zero-order valence-electron chi connectivity index (χ0n) is 11.1. The van der Waals surface area contributed by atoms with Gasteiger partial charge in [-0.25, -0.2) is 9.59 Å². The van der Waals surface area contributed by atoms with E-state index in [9.17, 15) is 14.7 Å². The molecule has 1 aliphatic heterocycles. The van der Waals surface area contributed by atoms with Gasteiger partial charge >= 0.3 is 12.0 Å². The SMILES string of the molecule is Cc1cc(Cl)c(NC(=O)N2C[C@@H](O)C[C@H]2C(=O)O)cc1Cl. The van der Waals surface area contributed by atoms with Gasteiger partial charge in [0, 0.05) is 18.0 Å². The number of carboxylic acids is 1. The van der Waals surface area contributed by atoms with Crippen LogP contribution in [-0.4, -0.2) is 45.8 Å². The zero-order valence-corrected chi connectivity index (χ0v) is 12.6. The highest BCUT2D eigenvalue weighted by Crippen LogP contribution is 2.29. The number of hydrogen-bond acceptors (Lipinski definition) is 3. The van der Waals surface area contributed by atoms with Gasteiger partial charge in [0.2, 0.25) is 0 Å². The van der Waals surface area contributed by atoms with Crippen LogP contribution in [-0.2, 0) is 4.79 Å². The van der Waals surface area contributed by atoms with Crippen LogP contribution in [0.1, 0.15) is 12.0 Å². The maximum Gasteiger partial charge on any atom is 0.326 e. The van der Waals surface area contributed by atoms with Gasteiger partial charge in [0.1, 0.15) is 6.04 Å². The summed E-state index contributed by atoms with van der Waals surface area (Å²) in [6, 6.07) is 1.41. The number of carbonyl (C=O) groups is 2. The standard InChI is InChI=1S/C13H14Cl2N2O4/c1-6-2-9(15)10(4-8(6)14)16-13(21)17-5-7(18)3-11(17)12(19)20/h2,4,7,11,18H,3,5H2,1H3,(H,16,21)(H,19,20)/t7-,11-/m0/s1. The molecular weight excluding hydrogens is 319 g/mol. The second kappa shape index (κ2) is 6.09. The summed E-state index contributed by atoms with van der Waals surface area (Å²) in [5.74, 6) is -1.16. The molecule has 6 nitrogen and oxygen atoms in total. The minimum absolute atomic E-state index is 0.00510. The molecule has 1 fully saturated rings. The fourth-order valence-electron chi connectivity index (χ4n) is 2.20. The van der Waals surface area contributed by atoms with Crippen molar-refractivity contribution in [2.24, 2.45) is 0 Å². The van der Waals surface area contributed by atoms with Crippen LogP contribution in [0.15, 0.2) is 12.1 Å². The molecule has 1 heterocycles. The van der Waals surface area contributed by atoms with E-state index in [0.29, 0.717) is 15.7 Å². The van der Waals surface area contributed by atoms with Crippen LogP contribution in [0.4, 0.5) is 10.5 Å². The number of benzene rings is 1. The molecule has 1 aliphatic rings. The molecule has 8 heteroatoms. The first-order valence-corrected chi connectivity index (χ1v) is 6.99. The molecule has 0 aromatic heterocycles. The predicted octanol–water partition coefficient (Wildman–Crippen LogP) is 2.35.